The lowest BCUT2D eigenvalue weighted by molar-refractivity contribution is 0.332. The number of thiophene rings is 1. The van der Waals surface area contributed by atoms with Crippen LogP contribution in [0, 0.1) is 0 Å². The van der Waals surface area contributed by atoms with Crippen LogP contribution in [0.2, 0.25) is 0 Å². The lowest BCUT2D eigenvalue weighted by atomic mass is 9.35. The Hall–Kier alpha value is -4.28. The summed E-state index contributed by atoms with van der Waals surface area (Å²) in [6, 6.07) is 31.4. The van der Waals surface area contributed by atoms with Crippen molar-refractivity contribution in [1.82, 2.24) is 0 Å². The summed E-state index contributed by atoms with van der Waals surface area (Å²) in [4.78, 5) is 5.56. The van der Waals surface area contributed by atoms with E-state index in [0.717, 1.165) is 6.42 Å². The first-order chi connectivity index (χ1) is 32.6. The molecule has 0 saturated carbocycles. The zero-order valence-corrected chi connectivity index (χ0v) is 47.0. The molecule has 4 aliphatic carbocycles. The molecular formula is C66H81BN2S. The fourth-order valence-corrected chi connectivity index (χ4v) is 16.2. The first-order valence-corrected chi connectivity index (χ1v) is 28.3. The third-order valence-corrected chi connectivity index (χ3v) is 21.5. The Kier molecular flexibility index (Phi) is 9.68. The molecule has 4 heteroatoms. The topological polar surface area (TPSA) is 6.48 Å². The summed E-state index contributed by atoms with van der Waals surface area (Å²) in [6.07, 6.45) is 10.6. The molecule has 5 aromatic carbocycles. The number of anilines is 6. The van der Waals surface area contributed by atoms with Crippen LogP contribution >= 0.6 is 11.3 Å². The fraction of sp³-hybridized carbons (Fsp3) is 0.515. The molecule has 0 unspecified atom stereocenters. The summed E-state index contributed by atoms with van der Waals surface area (Å²) in [7, 11) is 0. The molecule has 0 radical (unpaired) electrons. The Morgan fingerprint density at radius 3 is 1.27 bits per heavy atom. The molecule has 6 aromatic rings. The summed E-state index contributed by atoms with van der Waals surface area (Å²) < 4.78 is 2.94. The van der Waals surface area contributed by atoms with Crippen LogP contribution in [0.25, 0.3) is 10.1 Å². The van der Waals surface area contributed by atoms with Crippen molar-refractivity contribution in [2.75, 3.05) is 9.80 Å². The van der Waals surface area contributed by atoms with Crippen molar-refractivity contribution in [2.45, 2.75) is 219 Å². The van der Waals surface area contributed by atoms with Gasteiger partial charge in [-0.1, -0.05) is 136 Å². The van der Waals surface area contributed by atoms with E-state index >= 15 is 0 Å². The Bertz CT molecular complexity index is 3240. The number of benzene rings is 5. The molecule has 6 aliphatic rings. The molecule has 0 saturated heterocycles. The van der Waals surface area contributed by atoms with Gasteiger partial charge in [-0.25, -0.2) is 0 Å². The predicted octanol–water partition coefficient (Wildman–Crippen LogP) is 16.9. The molecule has 0 spiro atoms. The zero-order valence-electron chi connectivity index (χ0n) is 46.2. The number of nitrogens with zero attached hydrogens (tertiary/aromatic N) is 2. The number of fused-ring (bicyclic) bond motifs is 10. The van der Waals surface area contributed by atoms with Crippen molar-refractivity contribution in [3.63, 3.8) is 0 Å². The summed E-state index contributed by atoms with van der Waals surface area (Å²) in [5, 5.41) is 1.43. The number of rotatable bonds is 3. The molecule has 0 fully saturated rings. The van der Waals surface area contributed by atoms with Gasteiger partial charge in [-0.2, -0.15) is 0 Å². The minimum absolute atomic E-state index is 0.0731. The van der Waals surface area contributed by atoms with Gasteiger partial charge >= 0.3 is 0 Å². The molecular weight excluding hydrogens is 864 g/mol. The fourth-order valence-electron chi connectivity index (χ4n) is 14.8. The Morgan fingerprint density at radius 1 is 0.414 bits per heavy atom. The van der Waals surface area contributed by atoms with Crippen molar-refractivity contribution >= 4 is 78.0 Å². The third-order valence-electron chi connectivity index (χ3n) is 20.3. The van der Waals surface area contributed by atoms with Crippen molar-refractivity contribution in [3.05, 3.63) is 123 Å². The van der Waals surface area contributed by atoms with E-state index in [-0.39, 0.29) is 50.0 Å². The van der Waals surface area contributed by atoms with Crippen molar-refractivity contribution < 1.29 is 0 Å². The monoisotopic (exact) mass is 945 g/mol. The average molecular weight is 945 g/mol. The second-order valence-electron chi connectivity index (χ2n) is 28.7. The van der Waals surface area contributed by atoms with Crippen molar-refractivity contribution in [1.29, 1.82) is 0 Å². The Balaban J connectivity index is 1.23. The Morgan fingerprint density at radius 2 is 0.800 bits per heavy atom. The zero-order chi connectivity index (χ0) is 49.8. The second-order valence-corrected chi connectivity index (χ2v) is 29.8. The summed E-state index contributed by atoms with van der Waals surface area (Å²) >= 11 is 2.10. The van der Waals surface area contributed by atoms with Gasteiger partial charge < -0.3 is 9.80 Å². The third kappa shape index (κ3) is 6.54. The number of hydrogen-bond acceptors (Lipinski definition) is 3. The van der Waals surface area contributed by atoms with Crippen LogP contribution in [-0.2, 0) is 49.7 Å². The van der Waals surface area contributed by atoms with Crippen LogP contribution in [0.15, 0.2) is 72.8 Å². The van der Waals surface area contributed by atoms with E-state index in [0.29, 0.717) is 0 Å². The summed E-state index contributed by atoms with van der Waals surface area (Å²) in [6.45, 7) is 42.4. The highest BCUT2D eigenvalue weighted by atomic mass is 32.1. The van der Waals surface area contributed by atoms with Gasteiger partial charge in [0.1, 0.15) is 0 Å². The van der Waals surface area contributed by atoms with Gasteiger partial charge in [0.05, 0.1) is 5.69 Å². The molecule has 12 rings (SSSR count). The summed E-state index contributed by atoms with van der Waals surface area (Å²) in [5.41, 5.74) is 25.6. The van der Waals surface area contributed by atoms with E-state index in [1.807, 2.05) is 0 Å². The van der Waals surface area contributed by atoms with E-state index in [1.54, 1.807) is 16.7 Å². The van der Waals surface area contributed by atoms with Gasteiger partial charge in [0.15, 0.2) is 0 Å². The van der Waals surface area contributed by atoms with E-state index in [4.69, 9.17) is 0 Å². The smallest absolute Gasteiger partial charge is 0.264 e. The van der Waals surface area contributed by atoms with Gasteiger partial charge in [0, 0.05) is 43.3 Å². The van der Waals surface area contributed by atoms with Gasteiger partial charge in [-0.3, -0.25) is 0 Å². The highest BCUT2D eigenvalue weighted by Gasteiger charge is 2.50. The maximum atomic E-state index is 2.79. The molecule has 0 atom stereocenters. The lowest BCUT2D eigenvalue weighted by Gasteiger charge is -2.48. The van der Waals surface area contributed by atoms with Crippen LogP contribution in [0.3, 0.4) is 0 Å². The van der Waals surface area contributed by atoms with Gasteiger partial charge in [0.2, 0.25) is 0 Å². The molecule has 2 nitrogen and oxygen atoms in total. The second kappa shape index (κ2) is 14.5. The van der Waals surface area contributed by atoms with Gasteiger partial charge in [-0.15, -0.1) is 11.3 Å². The number of aryl methyl sites for hydroxylation is 1. The number of hydrogen-bond donors (Lipinski definition) is 0. The van der Waals surface area contributed by atoms with Crippen LogP contribution in [0.5, 0.6) is 0 Å². The predicted molar refractivity (Wildman–Crippen MR) is 306 cm³/mol. The maximum Gasteiger partial charge on any atom is 0.264 e. The standard InChI is InChI=1S/C66H81BN2S/c1-18-39-31-53-56-54(32-39)69(41-20-22-44-46(34-41)62(8,9)26-24-60(44,4)5)57-42-35-47-50(66(16,17)30-27-63(47,10)11)38-55(42)70-58(57)67(56)51-36-48-49(65(14,15)29-28-64(48,12)13)37-52(51)68(53)40-19-21-43-45(33-40)61(6,7)25-23-59(43,2)3/h19-22,31-38H,18,23-30H2,1-17H3. The molecule has 2 aliphatic heterocycles. The van der Waals surface area contributed by atoms with Crippen molar-refractivity contribution in [3.8, 4) is 0 Å². The van der Waals surface area contributed by atoms with Crippen LogP contribution in [0.1, 0.15) is 219 Å². The normalized spacial score (nSPS) is 22.8. The summed E-state index contributed by atoms with van der Waals surface area (Å²) in [5.74, 6) is 0. The largest absolute Gasteiger partial charge is 0.311 e. The molecule has 70 heavy (non-hydrogen) atoms. The van der Waals surface area contributed by atoms with Crippen molar-refractivity contribution in [2.24, 2.45) is 0 Å². The Labute approximate surface area is 427 Å². The molecule has 0 N–H and O–H groups in total. The highest BCUT2D eigenvalue weighted by molar-refractivity contribution is 7.33. The first-order valence-electron chi connectivity index (χ1n) is 27.4. The van der Waals surface area contributed by atoms with E-state index in [9.17, 15) is 0 Å². The molecule has 0 bridgehead atoms. The van der Waals surface area contributed by atoms with E-state index < -0.39 is 0 Å². The lowest BCUT2D eigenvalue weighted by Crippen LogP contribution is -2.61. The molecule has 0 amide bonds. The van der Waals surface area contributed by atoms with Gasteiger partial charge in [0.25, 0.3) is 6.71 Å². The van der Waals surface area contributed by atoms with Crippen LogP contribution in [-0.4, -0.2) is 6.71 Å². The first kappa shape index (κ1) is 46.8. The van der Waals surface area contributed by atoms with Crippen LogP contribution < -0.4 is 25.5 Å². The van der Waals surface area contributed by atoms with E-state index in [1.165, 1.54) is 145 Å². The molecule has 1 aromatic heterocycles. The highest BCUT2D eigenvalue weighted by Crippen LogP contribution is 2.56. The minimum atomic E-state index is 0.0731. The average Bonchev–Trinajstić information content (AvgIpc) is 3.67. The quantitative estimate of drug-likeness (QED) is 0.163. The van der Waals surface area contributed by atoms with Gasteiger partial charge in [-0.05, 0) is 217 Å². The van der Waals surface area contributed by atoms with Crippen LogP contribution in [0.4, 0.5) is 34.1 Å². The van der Waals surface area contributed by atoms with E-state index in [2.05, 4.69) is 212 Å². The maximum absolute atomic E-state index is 2.79. The molecule has 364 valence electrons. The SMILES string of the molecule is CCc1cc2c3c(c1)N(c1ccc4c(c1)C(C)(C)CCC4(C)C)c1c(sc4cc5c(cc14)C(C)(C)CCC5(C)C)B3c1cc3c(cc1N2c1ccc2c(c1)C(C)(C)CCC2(C)C)C(C)(C)CCC3(C)C. The molecule has 3 heterocycles. The minimum Gasteiger partial charge on any atom is -0.311 e.